The van der Waals surface area contributed by atoms with E-state index in [4.69, 9.17) is 0 Å². The van der Waals surface area contributed by atoms with E-state index >= 15 is 0 Å². The monoisotopic (exact) mass is 305 g/mol. The highest BCUT2D eigenvalue weighted by Crippen LogP contribution is 2.25. The minimum absolute atomic E-state index is 0.0227. The Morgan fingerprint density at radius 2 is 1.86 bits per heavy atom. The van der Waals surface area contributed by atoms with E-state index in [1.54, 1.807) is 31.3 Å². The fourth-order valence-electron chi connectivity index (χ4n) is 2.00. The van der Waals surface area contributed by atoms with E-state index in [1.807, 2.05) is 12.1 Å². The van der Waals surface area contributed by atoms with Gasteiger partial charge in [-0.05, 0) is 36.2 Å². The van der Waals surface area contributed by atoms with Crippen molar-refractivity contribution in [3.05, 3.63) is 48.2 Å². The molecule has 1 N–H and O–H groups in total. The first-order valence-electron chi connectivity index (χ1n) is 6.71. The van der Waals surface area contributed by atoms with Crippen molar-refractivity contribution in [3.63, 3.8) is 0 Å². The van der Waals surface area contributed by atoms with Crippen LogP contribution in [0.3, 0.4) is 0 Å². The molecule has 6 heteroatoms. The molecule has 0 fully saturated rings. The lowest BCUT2D eigenvalue weighted by Gasteiger charge is -2.20. The Morgan fingerprint density at radius 3 is 2.43 bits per heavy atom. The van der Waals surface area contributed by atoms with Crippen LogP contribution in [0.5, 0.6) is 0 Å². The summed E-state index contributed by atoms with van der Waals surface area (Å²) in [7, 11) is -0.490. The maximum atomic E-state index is 12.7. The van der Waals surface area contributed by atoms with Gasteiger partial charge in [-0.2, -0.15) is 8.42 Å². The number of hydrogen-bond donors (Lipinski definition) is 1. The van der Waals surface area contributed by atoms with Gasteiger partial charge in [0.15, 0.2) is 5.03 Å². The third kappa shape index (κ3) is 3.00. The van der Waals surface area contributed by atoms with Gasteiger partial charge in [-0.15, -0.1) is 0 Å². The zero-order chi connectivity index (χ0) is 15.5. The number of benzene rings is 1. The Kier molecular flexibility index (Phi) is 4.47. The summed E-state index contributed by atoms with van der Waals surface area (Å²) in [5, 5.41) is 2.88. The number of anilines is 2. The van der Waals surface area contributed by atoms with Crippen LogP contribution in [0.1, 0.15) is 12.5 Å². The lowest BCUT2D eigenvalue weighted by Crippen LogP contribution is -2.28. The molecular weight excluding hydrogens is 286 g/mol. The third-order valence-electron chi connectivity index (χ3n) is 3.35. The van der Waals surface area contributed by atoms with Gasteiger partial charge in [0.25, 0.3) is 10.0 Å². The van der Waals surface area contributed by atoms with E-state index in [0.717, 1.165) is 6.42 Å². The number of nitrogens with zero attached hydrogens (tertiary/aromatic N) is 2. The van der Waals surface area contributed by atoms with Gasteiger partial charge in [0.1, 0.15) is 0 Å². The Balaban J connectivity index is 2.42. The van der Waals surface area contributed by atoms with Gasteiger partial charge in [0, 0.05) is 20.3 Å². The molecule has 0 aliphatic rings. The molecule has 2 rings (SSSR count). The van der Waals surface area contributed by atoms with Crippen LogP contribution in [0, 0.1) is 0 Å². The second kappa shape index (κ2) is 6.13. The molecule has 1 aromatic carbocycles. The van der Waals surface area contributed by atoms with E-state index in [1.165, 1.54) is 23.1 Å². The van der Waals surface area contributed by atoms with E-state index in [-0.39, 0.29) is 5.03 Å². The molecule has 0 saturated heterocycles. The number of rotatable bonds is 5. The van der Waals surface area contributed by atoms with Crippen LogP contribution in [-0.4, -0.2) is 27.5 Å². The molecule has 1 heterocycles. The molecule has 0 radical (unpaired) electrons. The maximum absolute atomic E-state index is 12.7. The molecule has 0 aliphatic carbocycles. The molecule has 0 aliphatic heterocycles. The van der Waals surface area contributed by atoms with Crippen molar-refractivity contribution in [2.24, 2.45) is 0 Å². The van der Waals surface area contributed by atoms with Crippen molar-refractivity contribution in [2.45, 2.75) is 18.4 Å². The van der Waals surface area contributed by atoms with Gasteiger partial charge in [-0.1, -0.05) is 19.1 Å². The minimum Gasteiger partial charge on any atom is -0.386 e. The molecule has 0 atom stereocenters. The number of pyridine rings is 1. The molecule has 5 nitrogen and oxygen atoms in total. The second-order valence-corrected chi connectivity index (χ2v) is 6.48. The summed E-state index contributed by atoms with van der Waals surface area (Å²) in [6, 6.07) is 10.9. The first-order valence-corrected chi connectivity index (χ1v) is 8.15. The standard InChI is InChI=1S/C15H19N3O2S/c1-4-12-7-9-13(10-8-12)18(3)21(19,20)15-14(16-2)6-5-11-17-15/h5-11,16H,4H2,1-3H3. The average Bonchev–Trinajstić information content (AvgIpc) is 2.54. The van der Waals surface area contributed by atoms with Gasteiger partial charge in [0.2, 0.25) is 0 Å². The lowest BCUT2D eigenvalue weighted by atomic mass is 10.1. The van der Waals surface area contributed by atoms with Gasteiger partial charge >= 0.3 is 0 Å². The highest BCUT2D eigenvalue weighted by molar-refractivity contribution is 7.92. The predicted octanol–water partition coefficient (Wildman–Crippen LogP) is 2.51. The maximum Gasteiger partial charge on any atom is 0.283 e. The Hall–Kier alpha value is -2.08. The summed E-state index contributed by atoms with van der Waals surface area (Å²) in [4.78, 5) is 4.01. The van der Waals surface area contributed by atoms with Crippen LogP contribution in [0.4, 0.5) is 11.4 Å². The molecule has 21 heavy (non-hydrogen) atoms. The Bertz CT molecular complexity index is 712. The molecule has 2 aromatic rings. The number of sulfonamides is 1. The zero-order valence-corrected chi connectivity index (χ0v) is 13.2. The molecule has 0 amide bonds. The highest BCUT2D eigenvalue weighted by atomic mass is 32.2. The SMILES string of the molecule is CCc1ccc(N(C)S(=O)(=O)c2ncccc2NC)cc1. The zero-order valence-electron chi connectivity index (χ0n) is 12.4. The van der Waals surface area contributed by atoms with Crippen LogP contribution in [-0.2, 0) is 16.4 Å². The molecule has 0 bridgehead atoms. The molecule has 112 valence electrons. The predicted molar refractivity (Wildman–Crippen MR) is 85.2 cm³/mol. The van der Waals surface area contributed by atoms with Gasteiger partial charge in [0.05, 0.1) is 11.4 Å². The summed E-state index contributed by atoms with van der Waals surface area (Å²) < 4.78 is 26.6. The van der Waals surface area contributed by atoms with E-state index in [0.29, 0.717) is 11.4 Å². The highest BCUT2D eigenvalue weighted by Gasteiger charge is 2.25. The summed E-state index contributed by atoms with van der Waals surface area (Å²) >= 11 is 0. The van der Waals surface area contributed by atoms with Crippen LogP contribution in [0.15, 0.2) is 47.6 Å². The largest absolute Gasteiger partial charge is 0.386 e. The number of nitrogens with one attached hydrogen (secondary N) is 1. The molecular formula is C15H19N3O2S. The molecule has 0 saturated carbocycles. The molecule has 0 unspecified atom stereocenters. The summed E-state index contributed by atoms with van der Waals surface area (Å²) in [6.45, 7) is 2.06. The van der Waals surface area contributed by atoms with Crippen LogP contribution < -0.4 is 9.62 Å². The Labute approximate surface area is 125 Å². The summed E-state index contributed by atoms with van der Waals surface area (Å²) in [5.74, 6) is 0. The van der Waals surface area contributed by atoms with Crippen molar-refractivity contribution >= 4 is 21.4 Å². The molecule has 0 spiro atoms. The first kappa shape index (κ1) is 15.3. The topological polar surface area (TPSA) is 62.3 Å². The minimum atomic E-state index is -3.69. The average molecular weight is 305 g/mol. The van der Waals surface area contributed by atoms with Gasteiger partial charge in [-0.3, -0.25) is 4.31 Å². The van der Waals surface area contributed by atoms with E-state index in [9.17, 15) is 8.42 Å². The van der Waals surface area contributed by atoms with E-state index < -0.39 is 10.0 Å². The number of aromatic nitrogens is 1. The van der Waals surface area contributed by atoms with Crippen molar-refractivity contribution in [1.82, 2.24) is 4.98 Å². The summed E-state index contributed by atoms with van der Waals surface area (Å²) in [6.07, 6.45) is 2.39. The lowest BCUT2D eigenvalue weighted by molar-refractivity contribution is 0.591. The third-order valence-corrected chi connectivity index (χ3v) is 5.10. The van der Waals surface area contributed by atoms with Gasteiger partial charge in [-0.25, -0.2) is 4.98 Å². The van der Waals surface area contributed by atoms with Crippen molar-refractivity contribution < 1.29 is 8.42 Å². The van der Waals surface area contributed by atoms with Crippen LogP contribution >= 0.6 is 0 Å². The fraction of sp³-hybridized carbons (Fsp3) is 0.267. The van der Waals surface area contributed by atoms with Gasteiger partial charge < -0.3 is 5.32 Å². The van der Waals surface area contributed by atoms with Crippen molar-refractivity contribution in [1.29, 1.82) is 0 Å². The summed E-state index contributed by atoms with van der Waals surface area (Å²) in [5.41, 5.74) is 2.26. The van der Waals surface area contributed by atoms with Crippen LogP contribution in [0.2, 0.25) is 0 Å². The second-order valence-electron chi connectivity index (χ2n) is 4.60. The van der Waals surface area contributed by atoms with Crippen molar-refractivity contribution in [2.75, 3.05) is 23.7 Å². The Morgan fingerprint density at radius 1 is 1.19 bits per heavy atom. The fourth-order valence-corrected chi connectivity index (χ4v) is 3.30. The number of hydrogen-bond acceptors (Lipinski definition) is 4. The van der Waals surface area contributed by atoms with E-state index in [2.05, 4.69) is 17.2 Å². The van der Waals surface area contributed by atoms with Crippen LogP contribution in [0.25, 0.3) is 0 Å². The van der Waals surface area contributed by atoms with Crippen molar-refractivity contribution in [3.8, 4) is 0 Å². The molecule has 1 aromatic heterocycles. The normalized spacial score (nSPS) is 11.2. The quantitative estimate of drug-likeness (QED) is 0.922. The smallest absolute Gasteiger partial charge is 0.283 e. The number of aryl methyl sites for hydroxylation is 1. The first-order chi connectivity index (χ1) is 10.0.